The Bertz CT molecular complexity index is 390. The van der Waals surface area contributed by atoms with Crippen LogP contribution < -0.4 is 5.73 Å². The van der Waals surface area contributed by atoms with Crippen LogP contribution in [0.25, 0.3) is 0 Å². The summed E-state index contributed by atoms with van der Waals surface area (Å²) in [6, 6.07) is 7.15. The fourth-order valence-electron chi connectivity index (χ4n) is 2.49. The van der Waals surface area contributed by atoms with Crippen molar-refractivity contribution in [2.24, 2.45) is 5.73 Å². The van der Waals surface area contributed by atoms with Crippen LogP contribution in [0, 0.1) is 5.82 Å². The molecule has 1 heterocycles. The maximum Gasteiger partial charge on any atom is 0.127 e. The zero-order valence-corrected chi connectivity index (χ0v) is 10.6. The lowest BCUT2D eigenvalue weighted by Gasteiger charge is -2.46. The minimum absolute atomic E-state index is 0.0550. The standard InChI is InChI=1S/C14H21FN2/c1-14(2)13(16)8-5-9-17(14)10-11-6-3-4-7-12(11)15/h3-4,6-7,13H,5,8-10,16H2,1-2H3. The fraction of sp³-hybridized carbons (Fsp3) is 0.571. The van der Waals surface area contributed by atoms with Crippen molar-refractivity contribution in [3.63, 3.8) is 0 Å². The summed E-state index contributed by atoms with van der Waals surface area (Å²) in [4.78, 5) is 2.29. The molecule has 1 aromatic rings. The van der Waals surface area contributed by atoms with Crippen molar-refractivity contribution in [3.05, 3.63) is 35.6 Å². The molecule has 0 aromatic heterocycles. The van der Waals surface area contributed by atoms with Crippen LogP contribution in [0.4, 0.5) is 4.39 Å². The Morgan fingerprint density at radius 2 is 2.12 bits per heavy atom. The molecule has 17 heavy (non-hydrogen) atoms. The molecule has 1 aliphatic rings. The number of hydrogen-bond donors (Lipinski definition) is 1. The number of nitrogens with zero attached hydrogens (tertiary/aromatic N) is 1. The second-order valence-corrected chi connectivity index (χ2v) is 5.42. The van der Waals surface area contributed by atoms with Crippen molar-refractivity contribution in [1.82, 2.24) is 4.90 Å². The maximum absolute atomic E-state index is 13.6. The molecule has 0 spiro atoms. The van der Waals surface area contributed by atoms with Gasteiger partial charge in [0.25, 0.3) is 0 Å². The normalized spacial score (nSPS) is 24.8. The second kappa shape index (κ2) is 4.75. The van der Waals surface area contributed by atoms with E-state index in [4.69, 9.17) is 5.73 Å². The first-order valence-electron chi connectivity index (χ1n) is 6.26. The van der Waals surface area contributed by atoms with E-state index in [1.165, 1.54) is 6.07 Å². The molecule has 1 atom stereocenters. The summed E-state index contributed by atoms with van der Waals surface area (Å²) in [6.07, 6.45) is 2.15. The Balaban J connectivity index is 2.15. The van der Waals surface area contributed by atoms with Gasteiger partial charge in [-0.1, -0.05) is 18.2 Å². The Morgan fingerprint density at radius 3 is 2.82 bits per heavy atom. The van der Waals surface area contributed by atoms with E-state index < -0.39 is 0 Å². The monoisotopic (exact) mass is 236 g/mol. The van der Waals surface area contributed by atoms with Gasteiger partial charge < -0.3 is 5.73 Å². The van der Waals surface area contributed by atoms with Gasteiger partial charge in [0.15, 0.2) is 0 Å². The number of benzene rings is 1. The van der Waals surface area contributed by atoms with Crippen LogP contribution in [0.3, 0.4) is 0 Å². The van der Waals surface area contributed by atoms with Crippen LogP contribution in [0.1, 0.15) is 32.3 Å². The van der Waals surface area contributed by atoms with Gasteiger partial charge in [-0.3, -0.25) is 4.90 Å². The number of nitrogens with two attached hydrogens (primary N) is 1. The van der Waals surface area contributed by atoms with Crippen LogP contribution in [-0.4, -0.2) is 23.0 Å². The Kier molecular flexibility index (Phi) is 3.50. The quantitative estimate of drug-likeness (QED) is 0.855. The zero-order chi connectivity index (χ0) is 12.5. The number of likely N-dealkylation sites (tertiary alicyclic amines) is 1. The molecular weight excluding hydrogens is 215 g/mol. The molecule has 1 aliphatic heterocycles. The number of piperidine rings is 1. The lowest BCUT2D eigenvalue weighted by Crippen LogP contribution is -2.59. The number of halogens is 1. The highest BCUT2D eigenvalue weighted by Crippen LogP contribution is 2.28. The average Bonchev–Trinajstić information content (AvgIpc) is 2.28. The first-order chi connectivity index (χ1) is 8.01. The van der Waals surface area contributed by atoms with Crippen molar-refractivity contribution in [1.29, 1.82) is 0 Å². The van der Waals surface area contributed by atoms with E-state index >= 15 is 0 Å². The summed E-state index contributed by atoms with van der Waals surface area (Å²) in [6.45, 7) is 5.94. The van der Waals surface area contributed by atoms with E-state index in [1.54, 1.807) is 6.07 Å². The first kappa shape index (κ1) is 12.5. The van der Waals surface area contributed by atoms with E-state index in [2.05, 4.69) is 18.7 Å². The van der Waals surface area contributed by atoms with Gasteiger partial charge in [0, 0.05) is 23.7 Å². The van der Waals surface area contributed by atoms with Gasteiger partial charge in [0.05, 0.1) is 0 Å². The summed E-state index contributed by atoms with van der Waals surface area (Å²) in [7, 11) is 0. The third kappa shape index (κ3) is 2.50. The largest absolute Gasteiger partial charge is 0.326 e. The van der Waals surface area contributed by atoms with Gasteiger partial charge in [0.1, 0.15) is 5.82 Å². The molecule has 3 heteroatoms. The number of rotatable bonds is 2. The minimum Gasteiger partial charge on any atom is -0.326 e. The van der Waals surface area contributed by atoms with Crippen molar-refractivity contribution < 1.29 is 4.39 Å². The van der Waals surface area contributed by atoms with Crippen molar-refractivity contribution in [3.8, 4) is 0 Å². The predicted molar refractivity (Wildman–Crippen MR) is 68.1 cm³/mol. The average molecular weight is 236 g/mol. The summed E-state index contributed by atoms with van der Waals surface area (Å²) < 4.78 is 13.6. The van der Waals surface area contributed by atoms with Gasteiger partial charge in [-0.15, -0.1) is 0 Å². The summed E-state index contributed by atoms with van der Waals surface area (Å²) in [5.74, 6) is -0.123. The Labute approximate surface area is 103 Å². The van der Waals surface area contributed by atoms with Gasteiger partial charge in [-0.25, -0.2) is 4.39 Å². The third-order valence-electron chi connectivity index (χ3n) is 3.98. The predicted octanol–water partition coefficient (Wildman–Crippen LogP) is 2.53. The van der Waals surface area contributed by atoms with E-state index in [0.717, 1.165) is 24.9 Å². The smallest absolute Gasteiger partial charge is 0.127 e. The Hall–Kier alpha value is -0.930. The molecule has 0 radical (unpaired) electrons. The molecule has 94 valence electrons. The number of hydrogen-bond acceptors (Lipinski definition) is 2. The van der Waals surface area contributed by atoms with Crippen molar-refractivity contribution in [2.45, 2.75) is 44.8 Å². The fourth-order valence-corrected chi connectivity index (χ4v) is 2.49. The van der Waals surface area contributed by atoms with E-state index in [0.29, 0.717) is 6.54 Å². The SMILES string of the molecule is CC1(C)C(N)CCCN1Cc1ccccc1F. The molecular formula is C14H21FN2. The first-order valence-corrected chi connectivity index (χ1v) is 6.26. The topological polar surface area (TPSA) is 29.3 Å². The van der Waals surface area contributed by atoms with E-state index in [9.17, 15) is 4.39 Å². The molecule has 1 saturated heterocycles. The lowest BCUT2D eigenvalue weighted by molar-refractivity contribution is 0.0492. The van der Waals surface area contributed by atoms with Gasteiger partial charge in [0.2, 0.25) is 0 Å². The van der Waals surface area contributed by atoms with Crippen molar-refractivity contribution >= 4 is 0 Å². The molecule has 2 nitrogen and oxygen atoms in total. The molecule has 1 aromatic carbocycles. The summed E-state index contributed by atoms with van der Waals surface area (Å²) in [5.41, 5.74) is 6.86. The van der Waals surface area contributed by atoms with Gasteiger partial charge >= 0.3 is 0 Å². The lowest BCUT2D eigenvalue weighted by atomic mass is 9.85. The van der Waals surface area contributed by atoms with Crippen LogP contribution in [0.15, 0.2) is 24.3 Å². The summed E-state index contributed by atoms with van der Waals surface area (Å²) >= 11 is 0. The summed E-state index contributed by atoms with van der Waals surface area (Å²) in [5, 5.41) is 0. The van der Waals surface area contributed by atoms with Crippen LogP contribution in [0.5, 0.6) is 0 Å². The highest BCUT2D eigenvalue weighted by atomic mass is 19.1. The van der Waals surface area contributed by atoms with Crippen molar-refractivity contribution in [2.75, 3.05) is 6.54 Å². The molecule has 0 bridgehead atoms. The Morgan fingerprint density at radius 1 is 1.41 bits per heavy atom. The third-order valence-corrected chi connectivity index (χ3v) is 3.98. The highest BCUT2D eigenvalue weighted by molar-refractivity contribution is 5.18. The van der Waals surface area contributed by atoms with Gasteiger partial charge in [-0.2, -0.15) is 0 Å². The van der Waals surface area contributed by atoms with Crippen LogP contribution in [-0.2, 0) is 6.54 Å². The zero-order valence-electron chi connectivity index (χ0n) is 10.6. The van der Waals surface area contributed by atoms with Gasteiger partial charge in [-0.05, 0) is 39.3 Å². The highest BCUT2D eigenvalue weighted by Gasteiger charge is 2.36. The van der Waals surface area contributed by atoms with E-state index in [-0.39, 0.29) is 17.4 Å². The molecule has 2 rings (SSSR count). The molecule has 0 amide bonds. The molecule has 0 aliphatic carbocycles. The van der Waals surface area contributed by atoms with Crippen LogP contribution in [0.2, 0.25) is 0 Å². The van der Waals surface area contributed by atoms with Crippen LogP contribution >= 0.6 is 0 Å². The second-order valence-electron chi connectivity index (χ2n) is 5.42. The molecule has 0 saturated carbocycles. The van der Waals surface area contributed by atoms with E-state index in [1.807, 2.05) is 12.1 Å². The maximum atomic E-state index is 13.6. The molecule has 1 unspecified atom stereocenters. The minimum atomic E-state index is -0.123. The molecule has 2 N–H and O–H groups in total. The molecule has 1 fully saturated rings.